The number of aliphatic imine (C=N–C) groups is 1. The Morgan fingerprint density at radius 3 is 2.69 bits per heavy atom. The lowest BCUT2D eigenvalue weighted by molar-refractivity contribution is 0.209. The highest BCUT2D eigenvalue weighted by molar-refractivity contribution is 14.0. The van der Waals surface area contributed by atoms with Crippen molar-refractivity contribution in [3.8, 4) is 0 Å². The number of piperidine rings is 1. The van der Waals surface area contributed by atoms with Crippen molar-refractivity contribution in [2.75, 3.05) is 52.6 Å². The third-order valence-electron chi connectivity index (χ3n) is 5.30. The number of thioether (sulfide) groups is 1. The molecule has 146 valence electrons. The van der Waals surface area contributed by atoms with Crippen LogP contribution in [0, 0.1) is 11.8 Å². The number of rotatable bonds is 5. The van der Waals surface area contributed by atoms with Gasteiger partial charge in [0.2, 0.25) is 0 Å². The summed E-state index contributed by atoms with van der Waals surface area (Å²) in [5.74, 6) is 3.80. The summed E-state index contributed by atoms with van der Waals surface area (Å²) in [5, 5.41) is 3.64. The minimum absolute atomic E-state index is 0. The first-order valence-electron chi connectivity index (χ1n) is 9.56. The maximum atomic E-state index is 4.54. The van der Waals surface area contributed by atoms with Crippen molar-refractivity contribution in [3.05, 3.63) is 30.3 Å². The van der Waals surface area contributed by atoms with Gasteiger partial charge in [-0.25, -0.2) is 0 Å². The Kier molecular flexibility index (Phi) is 9.56. The average molecular weight is 488 g/mol. The van der Waals surface area contributed by atoms with E-state index in [9.17, 15) is 0 Å². The van der Waals surface area contributed by atoms with Gasteiger partial charge in [0.25, 0.3) is 0 Å². The Morgan fingerprint density at radius 2 is 1.96 bits per heavy atom. The van der Waals surface area contributed by atoms with E-state index in [2.05, 4.69) is 57.5 Å². The van der Waals surface area contributed by atoms with Crippen LogP contribution in [0.25, 0.3) is 0 Å². The summed E-state index contributed by atoms with van der Waals surface area (Å²) in [6.07, 6.45) is 3.93. The van der Waals surface area contributed by atoms with E-state index in [0.29, 0.717) is 0 Å². The Balaban J connectivity index is 0.00000243. The maximum Gasteiger partial charge on any atom is 0.193 e. The van der Waals surface area contributed by atoms with E-state index in [4.69, 9.17) is 0 Å². The molecule has 26 heavy (non-hydrogen) atoms. The molecule has 2 aliphatic rings. The molecule has 0 amide bonds. The molecule has 2 atom stereocenters. The molecule has 2 saturated heterocycles. The van der Waals surface area contributed by atoms with Gasteiger partial charge in [0.1, 0.15) is 0 Å². The van der Waals surface area contributed by atoms with E-state index in [0.717, 1.165) is 37.4 Å². The third-order valence-corrected chi connectivity index (χ3v) is 6.54. The van der Waals surface area contributed by atoms with E-state index in [1.54, 1.807) is 0 Å². The van der Waals surface area contributed by atoms with E-state index in [1.165, 1.54) is 43.0 Å². The average Bonchev–Trinajstić information content (AvgIpc) is 3.10. The predicted molar refractivity (Wildman–Crippen MR) is 124 cm³/mol. The number of halogens is 1. The van der Waals surface area contributed by atoms with Crippen LogP contribution in [0.3, 0.4) is 0 Å². The second-order valence-electron chi connectivity index (χ2n) is 7.42. The molecule has 2 heterocycles. The van der Waals surface area contributed by atoms with E-state index in [-0.39, 0.29) is 24.0 Å². The summed E-state index contributed by atoms with van der Waals surface area (Å²) in [5.41, 5.74) is 0. The highest BCUT2D eigenvalue weighted by Gasteiger charge is 2.25. The number of nitrogens with one attached hydrogen (secondary N) is 1. The van der Waals surface area contributed by atoms with Crippen molar-refractivity contribution < 1.29 is 0 Å². The molecule has 3 rings (SSSR count). The Bertz CT molecular complexity index is 554. The summed E-state index contributed by atoms with van der Waals surface area (Å²) < 4.78 is 0. The fourth-order valence-electron chi connectivity index (χ4n) is 3.90. The van der Waals surface area contributed by atoms with Gasteiger partial charge >= 0.3 is 0 Å². The molecule has 2 unspecified atom stereocenters. The molecule has 0 saturated carbocycles. The van der Waals surface area contributed by atoms with Crippen molar-refractivity contribution in [2.24, 2.45) is 16.8 Å². The number of hydrogen-bond donors (Lipinski definition) is 1. The van der Waals surface area contributed by atoms with E-state index >= 15 is 0 Å². The van der Waals surface area contributed by atoms with Gasteiger partial charge < -0.3 is 15.1 Å². The van der Waals surface area contributed by atoms with Gasteiger partial charge in [0, 0.05) is 43.9 Å². The van der Waals surface area contributed by atoms with Crippen molar-refractivity contribution in [1.29, 1.82) is 0 Å². The van der Waals surface area contributed by atoms with Crippen LogP contribution in [0.4, 0.5) is 0 Å². The molecule has 0 aliphatic carbocycles. The minimum atomic E-state index is 0. The van der Waals surface area contributed by atoms with Gasteiger partial charge in [-0.15, -0.1) is 35.7 Å². The first-order valence-corrected chi connectivity index (χ1v) is 10.5. The van der Waals surface area contributed by atoms with E-state index < -0.39 is 0 Å². The standard InChI is InChI=1S/C20H32N4S.HI/c1-21-20(22-13-17-7-6-11-23(2)14-17)24-12-10-18(15-24)16-25-19-8-4-3-5-9-19;/h3-5,8-9,17-18H,6-7,10-16H2,1-2H3,(H,21,22);1H. The molecule has 4 nitrogen and oxygen atoms in total. The lowest BCUT2D eigenvalue weighted by Crippen LogP contribution is -2.44. The summed E-state index contributed by atoms with van der Waals surface area (Å²) in [6.45, 7) is 5.77. The fraction of sp³-hybridized carbons (Fsp3) is 0.650. The second kappa shape index (κ2) is 11.4. The molecule has 2 aliphatic heterocycles. The highest BCUT2D eigenvalue weighted by atomic mass is 127. The van der Waals surface area contributed by atoms with Gasteiger partial charge in [-0.1, -0.05) is 18.2 Å². The Labute approximate surface area is 180 Å². The highest BCUT2D eigenvalue weighted by Crippen LogP contribution is 2.26. The van der Waals surface area contributed by atoms with Crippen molar-refractivity contribution >= 4 is 41.7 Å². The summed E-state index contributed by atoms with van der Waals surface area (Å²) in [7, 11) is 4.15. The van der Waals surface area contributed by atoms with Crippen LogP contribution in [0.5, 0.6) is 0 Å². The Morgan fingerprint density at radius 1 is 1.15 bits per heavy atom. The van der Waals surface area contributed by atoms with Gasteiger partial charge in [-0.2, -0.15) is 0 Å². The van der Waals surface area contributed by atoms with Crippen LogP contribution in [-0.2, 0) is 0 Å². The number of nitrogens with zero attached hydrogens (tertiary/aromatic N) is 3. The van der Waals surface area contributed by atoms with Crippen LogP contribution in [0.1, 0.15) is 19.3 Å². The number of benzene rings is 1. The molecule has 0 radical (unpaired) electrons. The zero-order chi connectivity index (χ0) is 17.5. The van der Waals surface area contributed by atoms with Crippen LogP contribution in [0.15, 0.2) is 40.2 Å². The summed E-state index contributed by atoms with van der Waals surface area (Å²) >= 11 is 1.98. The van der Waals surface area contributed by atoms with Crippen LogP contribution in [-0.4, -0.2) is 68.3 Å². The number of guanidine groups is 1. The van der Waals surface area contributed by atoms with Crippen molar-refractivity contribution in [2.45, 2.75) is 24.2 Å². The summed E-state index contributed by atoms with van der Waals surface area (Å²) in [6, 6.07) is 10.7. The quantitative estimate of drug-likeness (QED) is 0.297. The van der Waals surface area contributed by atoms with Crippen molar-refractivity contribution in [3.63, 3.8) is 0 Å². The van der Waals surface area contributed by atoms with Crippen LogP contribution < -0.4 is 5.32 Å². The topological polar surface area (TPSA) is 30.9 Å². The van der Waals surface area contributed by atoms with Gasteiger partial charge in [0.15, 0.2) is 5.96 Å². The second-order valence-corrected chi connectivity index (χ2v) is 8.52. The first-order chi connectivity index (χ1) is 12.2. The molecule has 2 fully saturated rings. The Hall–Kier alpha value is -0.470. The predicted octanol–water partition coefficient (Wildman–Crippen LogP) is 3.64. The number of hydrogen-bond acceptors (Lipinski definition) is 3. The SMILES string of the molecule is CN=C(NCC1CCCN(C)C1)N1CCC(CSc2ccccc2)C1.I. The maximum absolute atomic E-state index is 4.54. The zero-order valence-corrected chi connectivity index (χ0v) is 19.2. The van der Waals surface area contributed by atoms with Crippen LogP contribution >= 0.6 is 35.7 Å². The van der Waals surface area contributed by atoms with Gasteiger partial charge in [-0.05, 0) is 56.8 Å². The lowest BCUT2D eigenvalue weighted by Gasteiger charge is -2.31. The molecule has 0 spiro atoms. The monoisotopic (exact) mass is 488 g/mol. The zero-order valence-electron chi connectivity index (χ0n) is 16.1. The van der Waals surface area contributed by atoms with Gasteiger partial charge in [0.05, 0.1) is 0 Å². The molecular formula is C20H33IN4S. The minimum Gasteiger partial charge on any atom is -0.356 e. The molecule has 6 heteroatoms. The smallest absolute Gasteiger partial charge is 0.193 e. The molecule has 1 aromatic carbocycles. The molecular weight excluding hydrogens is 455 g/mol. The normalized spacial score (nSPS) is 24.4. The largest absolute Gasteiger partial charge is 0.356 e. The lowest BCUT2D eigenvalue weighted by atomic mass is 9.99. The molecule has 1 aromatic rings. The molecule has 0 aromatic heterocycles. The molecule has 1 N–H and O–H groups in total. The number of likely N-dealkylation sites (tertiary alicyclic amines) is 2. The molecule has 0 bridgehead atoms. The van der Waals surface area contributed by atoms with Gasteiger partial charge in [-0.3, -0.25) is 4.99 Å². The third kappa shape index (κ3) is 6.60. The summed E-state index contributed by atoms with van der Waals surface area (Å²) in [4.78, 5) is 10.8. The first kappa shape index (κ1) is 21.8. The van der Waals surface area contributed by atoms with E-state index in [1.807, 2.05) is 18.8 Å². The fourth-order valence-corrected chi connectivity index (χ4v) is 4.95. The van der Waals surface area contributed by atoms with Crippen LogP contribution in [0.2, 0.25) is 0 Å². The van der Waals surface area contributed by atoms with Crippen molar-refractivity contribution in [1.82, 2.24) is 15.1 Å².